The topological polar surface area (TPSA) is 106 Å². The molecule has 2 aliphatic heterocycles. The van der Waals surface area contributed by atoms with Crippen LogP contribution in [-0.4, -0.2) is 61.9 Å². The van der Waals surface area contributed by atoms with Crippen LogP contribution in [0.3, 0.4) is 0 Å². The highest BCUT2D eigenvalue weighted by Gasteiger charge is 2.58. The molecule has 0 saturated carbocycles. The summed E-state index contributed by atoms with van der Waals surface area (Å²) >= 11 is -0.748. The summed E-state index contributed by atoms with van der Waals surface area (Å²) in [6.07, 6.45) is 2.99. The van der Waals surface area contributed by atoms with Gasteiger partial charge >= 0.3 is 6.03 Å². The molecule has 3 heterocycles. The van der Waals surface area contributed by atoms with Gasteiger partial charge < -0.3 is 19.1 Å². The second kappa shape index (κ2) is 11.4. The highest BCUT2D eigenvalue weighted by Crippen LogP contribution is 2.42. The van der Waals surface area contributed by atoms with Crippen LogP contribution in [-0.2, 0) is 28.9 Å². The van der Waals surface area contributed by atoms with E-state index < -0.39 is 22.4 Å². The van der Waals surface area contributed by atoms with Gasteiger partial charge in [0.25, 0.3) is 5.89 Å². The van der Waals surface area contributed by atoms with E-state index in [-0.39, 0.29) is 17.3 Å². The number of carbonyl (C=O) groups excluding carboxylic acids is 1. The molecule has 1 aromatic heterocycles. The number of aliphatic hydroxyl groups is 1. The van der Waals surface area contributed by atoms with E-state index in [4.69, 9.17) is 4.52 Å². The maximum Gasteiger partial charge on any atom is 0.324 e. The Kier molecular flexibility index (Phi) is 8.20. The largest absolute Gasteiger partial charge is 0.616 e. The molecule has 1 N–H and O–H groups in total. The molecule has 2 aliphatic rings. The summed E-state index contributed by atoms with van der Waals surface area (Å²) in [5, 5.41) is 14.2. The molecule has 0 aliphatic carbocycles. The minimum Gasteiger partial charge on any atom is -0.616 e. The molecule has 10 heteroatoms. The lowest BCUT2D eigenvalue weighted by Gasteiger charge is -2.54. The van der Waals surface area contributed by atoms with Crippen LogP contribution >= 0.6 is 0 Å². The molecule has 2 saturated heterocycles. The zero-order valence-corrected chi connectivity index (χ0v) is 25.0. The van der Waals surface area contributed by atoms with Crippen molar-refractivity contribution in [3.63, 3.8) is 0 Å². The van der Waals surface area contributed by atoms with Gasteiger partial charge in [-0.2, -0.15) is 4.98 Å². The maximum absolute atomic E-state index is 14.0. The predicted molar refractivity (Wildman–Crippen MR) is 158 cm³/mol. The van der Waals surface area contributed by atoms with Crippen molar-refractivity contribution in [2.45, 2.75) is 64.6 Å². The number of aromatic nitrogens is 2. The summed E-state index contributed by atoms with van der Waals surface area (Å²) in [6.45, 7) is 8.15. The van der Waals surface area contributed by atoms with Gasteiger partial charge in [-0.25, -0.2) is 9.18 Å². The first kappa shape index (κ1) is 29.5. The van der Waals surface area contributed by atoms with Crippen molar-refractivity contribution < 1.29 is 23.4 Å². The van der Waals surface area contributed by atoms with Crippen LogP contribution in [0.25, 0.3) is 11.1 Å². The van der Waals surface area contributed by atoms with E-state index in [2.05, 4.69) is 10.1 Å². The zero-order chi connectivity index (χ0) is 29.4. The number of hydrogen-bond donors (Lipinski definition) is 1. The number of hydrogen-bond acceptors (Lipinski definition) is 6. The molecule has 1 spiro atoms. The number of unbranched alkanes of at least 4 members (excludes halogenated alkanes) is 2. The average molecular weight is 583 g/mol. The third-order valence-corrected chi connectivity index (χ3v) is 9.70. The first-order valence-electron chi connectivity index (χ1n) is 14.2. The fraction of sp³-hybridized carbons (Fsp3) is 0.516. The number of carbonyl (C=O) groups is 1. The number of benzene rings is 2. The normalized spacial score (nSPS) is 16.9. The molecule has 8 nitrogen and oxygen atoms in total. The van der Waals surface area contributed by atoms with E-state index in [1.54, 1.807) is 13.8 Å². The number of aryl methyl sites for hydroxylation is 1. The molecule has 2 amide bonds. The number of alkyl halides is 1. The van der Waals surface area contributed by atoms with Crippen molar-refractivity contribution in [2.75, 3.05) is 36.0 Å². The molecule has 41 heavy (non-hydrogen) atoms. The van der Waals surface area contributed by atoms with Gasteiger partial charge in [0.1, 0.15) is 11.5 Å². The number of likely N-dealkylation sites (tertiary alicyclic amines) is 1. The first-order valence-corrected chi connectivity index (χ1v) is 15.7. The van der Waals surface area contributed by atoms with Crippen molar-refractivity contribution >= 4 is 22.9 Å². The van der Waals surface area contributed by atoms with Crippen LogP contribution in [0.5, 0.6) is 0 Å². The van der Waals surface area contributed by atoms with Crippen molar-refractivity contribution in [3.8, 4) is 11.1 Å². The van der Waals surface area contributed by atoms with E-state index in [0.717, 1.165) is 41.6 Å². The second-order valence-electron chi connectivity index (χ2n) is 12.5. The lowest BCUT2D eigenvalue weighted by molar-refractivity contribution is 0.0584. The minimum atomic E-state index is -1.66. The van der Waals surface area contributed by atoms with Crippen molar-refractivity contribution in [3.05, 3.63) is 65.8 Å². The van der Waals surface area contributed by atoms with Gasteiger partial charge in [-0.1, -0.05) is 59.2 Å². The van der Waals surface area contributed by atoms with Crippen LogP contribution in [0.15, 0.2) is 53.1 Å². The summed E-state index contributed by atoms with van der Waals surface area (Å²) in [4.78, 5) is 21.6. The molecule has 0 atom stereocenters. The Morgan fingerprint density at radius 1 is 1.10 bits per heavy atom. The smallest absolute Gasteiger partial charge is 0.324 e. The third kappa shape index (κ3) is 6.76. The molecular weight excluding hydrogens is 543 g/mol. The standard InChI is InChI=1S/C31H39FN4O4S/c1-29(2,32)27-33-26(34-40-27)11-6-5-7-16-36(28(37)35-18-31(19-35)20-41(39)21-31)25-10-8-9-23(17-25)22-12-14-24(15-13-22)30(3,4)38/h8-10,12-15,17,38H,5-7,11,16,18-21H2,1-4H3. The quantitative estimate of drug-likeness (QED) is 0.247. The first-order chi connectivity index (χ1) is 19.3. The Labute approximate surface area is 244 Å². The van der Waals surface area contributed by atoms with Crippen LogP contribution in [0.1, 0.15) is 64.2 Å². The number of amides is 2. The maximum atomic E-state index is 14.0. The van der Waals surface area contributed by atoms with Crippen LogP contribution in [0.4, 0.5) is 14.9 Å². The van der Waals surface area contributed by atoms with Gasteiger partial charge in [-0.15, -0.1) is 0 Å². The SMILES string of the molecule is CC(C)(O)c1ccc(-c2cccc(N(CCCCCc3noc(C(C)(C)F)n3)C(=O)N3CC4(C3)C[S+]([O-])C4)c2)cc1. The van der Waals surface area contributed by atoms with Gasteiger partial charge in [-0.05, 0) is 69.4 Å². The summed E-state index contributed by atoms with van der Waals surface area (Å²) in [5.74, 6) is 1.85. The van der Waals surface area contributed by atoms with Gasteiger partial charge in [0.15, 0.2) is 11.5 Å². The summed E-state index contributed by atoms with van der Waals surface area (Å²) in [5.41, 5.74) is 1.11. The Hall–Kier alpha value is -2.95. The van der Waals surface area contributed by atoms with E-state index in [1.807, 2.05) is 58.3 Å². The third-order valence-electron chi connectivity index (χ3n) is 7.83. The van der Waals surface area contributed by atoms with Crippen LogP contribution in [0.2, 0.25) is 0 Å². The number of nitrogens with zero attached hydrogens (tertiary/aromatic N) is 4. The fourth-order valence-electron chi connectivity index (χ4n) is 5.48. The minimum absolute atomic E-state index is 0.0125. The van der Waals surface area contributed by atoms with Crippen molar-refractivity contribution in [2.24, 2.45) is 5.41 Å². The average Bonchev–Trinajstić information content (AvgIpc) is 3.36. The highest BCUT2D eigenvalue weighted by atomic mass is 32.2. The molecule has 0 bridgehead atoms. The fourth-order valence-corrected chi connectivity index (χ4v) is 7.13. The van der Waals surface area contributed by atoms with Gasteiger partial charge in [0.05, 0.1) is 11.0 Å². The molecule has 0 unspecified atom stereocenters. The van der Waals surface area contributed by atoms with Gasteiger partial charge in [0, 0.05) is 31.7 Å². The lowest BCUT2D eigenvalue weighted by Crippen LogP contribution is -2.70. The van der Waals surface area contributed by atoms with Crippen molar-refractivity contribution in [1.29, 1.82) is 0 Å². The molecule has 2 aromatic carbocycles. The van der Waals surface area contributed by atoms with Gasteiger partial charge in [0.2, 0.25) is 0 Å². The molecule has 3 aromatic rings. The Morgan fingerprint density at radius 3 is 2.41 bits per heavy atom. The number of rotatable bonds is 10. The molecular formula is C31H39FN4O4S. The summed E-state index contributed by atoms with van der Waals surface area (Å²) in [6, 6.07) is 15.8. The van der Waals surface area contributed by atoms with E-state index in [9.17, 15) is 18.8 Å². The number of urea groups is 1. The Bertz CT molecular complexity index is 1350. The number of anilines is 1. The monoisotopic (exact) mass is 582 g/mol. The summed E-state index contributed by atoms with van der Waals surface area (Å²) in [7, 11) is 0. The zero-order valence-electron chi connectivity index (χ0n) is 24.2. The van der Waals surface area contributed by atoms with Crippen LogP contribution < -0.4 is 4.90 Å². The molecule has 2 fully saturated rings. The van der Waals surface area contributed by atoms with Crippen molar-refractivity contribution in [1.82, 2.24) is 15.0 Å². The predicted octanol–water partition coefficient (Wildman–Crippen LogP) is 5.57. The second-order valence-corrected chi connectivity index (χ2v) is 14.0. The lowest BCUT2D eigenvalue weighted by atomic mass is 9.83. The highest BCUT2D eigenvalue weighted by molar-refractivity contribution is 7.92. The van der Waals surface area contributed by atoms with E-state index in [0.29, 0.717) is 43.4 Å². The van der Waals surface area contributed by atoms with E-state index in [1.165, 1.54) is 13.8 Å². The summed E-state index contributed by atoms with van der Waals surface area (Å²) < 4.78 is 30.8. The molecule has 5 rings (SSSR count). The Balaban J connectivity index is 1.26. The number of halogens is 1. The van der Waals surface area contributed by atoms with Crippen LogP contribution in [0, 0.1) is 5.41 Å². The van der Waals surface area contributed by atoms with E-state index >= 15 is 0 Å². The van der Waals surface area contributed by atoms with Gasteiger partial charge in [-0.3, -0.25) is 4.90 Å². The molecule has 0 radical (unpaired) electrons. The Morgan fingerprint density at radius 2 is 1.80 bits per heavy atom. The molecule has 220 valence electrons.